The summed E-state index contributed by atoms with van der Waals surface area (Å²) < 4.78 is 0. The third-order valence-electron chi connectivity index (χ3n) is 5.89. The lowest BCUT2D eigenvalue weighted by atomic mass is 9.82. The Kier molecular flexibility index (Phi) is 10.2. The summed E-state index contributed by atoms with van der Waals surface area (Å²) in [6, 6.07) is 14.3. The number of benzene rings is 2. The van der Waals surface area contributed by atoms with Crippen molar-refractivity contribution in [1.82, 2.24) is 0 Å². The van der Waals surface area contributed by atoms with Crippen LogP contribution < -0.4 is 5.30 Å². The first-order chi connectivity index (χ1) is 14.7. The molecule has 0 aliphatic rings. The normalized spacial score (nSPS) is 12.6. The fraction of sp³-hybridized carbons (Fsp3) is 0.613. The fourth-order valence-corrected chi connectivity index (χ4v) is 9.00. The fourth-order valence-electron chi connectivity index (χ4n) is 4.88. The first kappa shape index (κ1) is 28.9. The van der Waals surface area contributed by atoms with E-state index in [0.717, 1.165) is 0 Å². The second-order valence-corrected chi connectivity index (χ2v) is 15.6. The maximum absolute atomic E-state index is 2.49. The van der Waals surface area contributed by atoms with Crippen LogP contribution in [0, 0.1) is 0 Å². The van der Waals surface area contributed by atoms with Crippen LogP contribution in [0.2, 0.25) is 0 Å². The second-order valence-electron chi connectivity index (χ2n) is 11.7. The molecule has 0 nitrogen and oxygen atoms in total. The summed E-state index contributed by atoms with van der Waals surface area (Å²) in [6.07, 6.45) is 0. The van der Waals surface area contributed by atoms with Crippen LogP contribution in [0.15, 0.2) is 36.4 Å². The molecule has 0 saturated heterocycles. The van der Waals surface area contributed by atoms with E-state index >= 15 is 0 Å². The van der Waals surface area contributed by atoms with E-state index in [2.05, 4.69) is 119 Å². The number of rotatable bonds is 5. The average Bonchev–Trinajstić information content (AvgIpc) is 2.66. The summed E-state index contributed by atoms with van der Waals surface area (Å²) in [5.41, 5.74) is 7.46. The Morgan fingerprint density at radius 3 is 1.38 bits per heavy atom. The summed E-state index contributed by atoms with van der Waals surface area (Å²) in [6.45, 7) is 32.6. The molecule has 0 radical (unpaired) electrons. The van der Waals surface area contributed by atoms with Crippen molar-refractivity contribution in [3.05, 3.63) is 53.1 Å². The van der Waals surface area contributed by atoms with Gasteiger partial charge in [0, 0.05) is 0 Å². The molecule has 0 heterocycles. The molecular formula is C31H51P. The monoisotopic (exact) mass is 454 g/mol. The molecule has 0 N–H and O–H groups in total. The highest BCUT2D eigenvalue weighted by Gasteiger charge is 2.37. The highest BCUT2D eigenvalue weighted by Crippen LogP contribution is 2.59. The van der Waals surface area contributed by atoms with Crippen LogP contribution >= 0.6 is 7.92 Å². The van der Waals surface area contributed by atoms with Crippen molar-refractivity contribution in [1.29, 1.82) is 0 Å². The van der Waals surface area contributed by atoms with Crippen molar-refractivity contribution in [2.45, 2.75) is 125 Å². The molecule has 0 aliphatic carbocycles. The van der Waals surface area contributed by atoms with E-state index in [-0.39, 0.29) is 18.2 Å². The van der Waals surface area contributed by atoms with Gasteiger partial charge in [-0.3, -0.25) is 0 Å². The lowest BCUT2D eigenvalue weighted by Crippen LogP contribution is -2.32. The summed E-state index contributed by atoms with van der Waals surface area (Å²) >= 11 is 0. The molecule has 0 unspecified atom stereocenters. The van der Waals surface area contributed by atoms with Crippen LogP contribution in [-0.4, -0.2) is 10.3 Å². The zero-order chi connectivity index (χ0) is 25.0. The van der Waals surface area contributed by atoms with Crippen molar-refractivity contribution in [2.75, 3.05) is 0 Å². The molecule has 0 bridgehead atoms. The average molecular weight is 455 g/mol. The van der Waals surface area contributed by atoms with Gasteiger partial charge in [0.15, 0.2) is 0 Å². The third kappa shape index (κ3) is 6.70. The van der Waals surface area contributed by atoms with Crippen LogP contribution in [0.1, 0.15) is 131 Å². The first-order valence-corrected chi connectivity index (χ1v) is 14.1. The van der Waals surface area contributed by atoms with E-state index < -0.39 is 0 Å². The van der Waals surface area contributed by atoms with Crippen LogP contribution in [0.3, 0.4) is 0 Å². The van der Waals surface area contributed by atoms with E-state index in [9.17, 15) is 0 Å². The Balaban J connectivity index is 0.00000249. The van der Waals surface area contributed by atoms with Gasteiger partial charge in [0.05, 0.1) is 0 Å². The summed E-state index contributed by atoms with van der Waals surface area (Å²) in [5, 5.41) is 2.06. The highest BCUT2D eigenvalue weighted by molar-refractivity contribution is 7.68. The van der Waals surface area contributed by atoms with Gasteiger partial charge < -0.3 is 0 Å². The minimum Gasteiger partial charge on any atom is -0.0683 e. The summed E-state index contributed by atoms with van der Waals surface area (Å²) in [4.78, 5) is 0. The van der Waals surface area contributed by atoms with Crippen molar-refractivity contribution < 1.29 is 0 Å². The van der Waals surface area contributed by atoms with Crippen LogP contribution in [0.25, 0.3) is 11.1 Å². The number of hydrogen-bond acceptors (Lipinski definition) is 0. The zero-order valence-corrected chi connectivity index (χ0v) is 24.5. The predicted octanol–water partition coefficient (Wildman–Crippen LogP) is 10.5. The van der Waals surface area contributed by atoms with Crippen molar-refractivity contribution in [3.8, 4) is 11.1 Å². The minimum atomic E-state index is -0.366. The maximum atomic E-state index is 2.49. The van der Waals surface area contributed by atoms with E-state index in [1.807, 2.05) is 13.8 Å². The highest BCUT2D eigenvalue weighted by atomic mass is 31.1. The molecular weight excluding hydrogens is 403 g/mol. The topological polar surface area (TPSA) is 0 Å². The Hall–Kier alpha value is -1.13. The Morgan fingerprint density at radius 2 is 1.03 bits per heavy atom. The van der Waals surface area contributed by atoms with Gasteiger partial charge in [-0.2, -0.15) is 0 Å². The van der Waals surface area contributed by atoms with E-state index in [0.29, 0.717) is 17.8 Å². The predicted molar refractivity (Wildman–Crippen MR) is 152 cm³/mol. The Morgan fingerprint density at radius 1 is 0.625 bits per heavy atom. The summed E-state index contributed by atoms with van der Waals surface area (Å²) in [5.74, 6) is 1.55. The van der Waals surface area contributed by atoms with Crippen molar-refractivity contribution in [2.24, 2.45) is 0 Å². The van der Waals surface area contributed by atoms with Gasteiger partial charge in [-0.05, 0) is 61.2 Å². The molecule has 0 aromatic heterocycles. The molecule has 2 aromatic rings. The molecule has 1 heteroatoms. The van der Waals surface area contributed by atoms with Gasteiger partial charge in [0.1, 0.15) is 0 Å². The maximum Gasteiger partial charge on any atom is -0.0101 e. The van der Waals surface area contributed by atoms with Gasteiger partial charge in [0.2, 0.25) is 0 Å². The van der Waals surface area contributed by atoms with Crippen LogP contribution in [-0.2, 0) is 0 Å². The lowest BCUT2D eigenvalue weighted by molar-refractivity contribution is 0.715. The third-order valence-corrected chi connectivity index (χ3v) is 9.44. The zero-order valence-electron chi connectivity index (χ0n) is 23.6. The SMILES string of the molecule is CC.CC(C)c1cc(C(C)C)c(-c2ccccc2P(C(C)(C)C)C(C)(C)C)c(C(C)C)c1. The molecule has 0 aliphatic heterocycles. The quantitative estimate of drug-likeness (QED) is 0.394. The molecule has 2 aromatic carbocycles. The van der Waals surface area contributed by atoms with Crippen molar-refractivity contribution >= 4 is 13.2 Å². The Bertz CT molecular complexity index is 814. The van der Waals surface area contributed by atoms with Gasteiger partial charge in [-0.25, -0.2) is 0 Å². The van der Waals surface area contributed by atoms with Crippen molar-refractivity contribution in [3.63, 3.8) is 0 Å². The number of hydrogen-bond donors (Lipinski definition) is 0. The molecule has 0 atom stereocenters. The largest absolute Gasteiger partial charge is 0.0683 e. The molecule has 0 fully saturated rings. The van der Waals surface area contributed by atoms with Gasteiger partial charge >= 0.3 is 0 Å². The minimum absolute atomic E-state index is 0.248. The van der Waals surface area contributed by atoms with Gasteiger partial charge in [-0.1, -0.05) is 141 Å². The molecule has 0 amide bonds. The second kappa shape index (κ2) is 11.3. The smallest absolute Gasteiger partial charge is 0.0101 e. The lowest BCUT2D eigenvalue weighted by Gasteiger charge is -2.43. The summed E-state index contributed by atoms with van der Waals surface area (Å²) in [7, 11) is -0.366. The standard InChI is InChI=1S/C29H45P.C2H6/c1-19(2)22-17-24(20(3)4)27(25(18-22)21(5)6)23-15-13-14-16-26(23)30(28(7,8)9)29(10,11)12;1-2/h13-21H,1-12H3;1-2H3. The van der Waals surface area contributed by atoms with Gasteiger partial charge in [0.25, 0.3) is 0 Å². The molecule has 32 heavy (non-hydrogen) atoms. The molecule has 180 valence electrons. The van der Waals surface area contributed by atoms with Crippen LogP contribution in [0.4, 0.5) is 0 Å². The van der Waals surface area contributed by atoms with E-state index in [1.54, 1.807) is 5.30 Å². The van der Waals surface area contributed by atoms with E-state index in [4.69, 9.17) is 0 Å². The Labute approximate surface area is 202 Å². The molecule has 0 spiro atoms. The van der Waals surface area contributed by atoms with Gasteiger partial charge in [-0.15, -0.1) is 0 Å². The molecule has 2 rings (SSSR count). The van der Waals surface area contributed by atoms with E-state index in [1.165, 1.54) is 27.8 Å². The first-order valence-electron chi connectivity index (χ1n) is 12.7. The van der Waals surface area contributed by atoms with Crippen LogP contribution in [0.5, 0.6) is 0 Å². The molecule has 0 saturated carbocycles.